The predicted molar refractivity (Wildman–Crippen MR) is 150 cm³/mol. The minimum Gasteiger partial charge on any atom is -0.497 e. The molecule has 4 aromatic rings. The number of fused-ring (bicyclic) bond motifs is 1. The fourth-order valence-corrected chi connectivity index (χ4v) is 5.74. The molecule has 0 saturated heterocycles. The maximum Gasteiger partial charge on any atom is 0.338 e. The number of ether oxygens (including phenoxy) is 2. The molecule has 0 radical (unpaired) electrons. The summed E-state index contributed by atoms with van der Waals surface area (Å²) < 4.78 is 19.8. The predicted octanol–water partition coefficient (Wildman–Crippen LogP) is 5.22. The summed E-state index contributed by atoms with van der Waals surface area (Å²) in [5, 5.41) is 0. The van der Waals surface area contributed by atoms with E-state index >= 15 is 0 Å². The third-order valence-corrected chi connectivity index (χ3v) is 7.50. The highest BCUT2D eigenvalue weighted by Crippen LogP contribution is 2.32. The SMILES string of the molecule is COc1ccc(C2C(C(=O)OC(C)C)=C(C)N=c3sc(=Cc4ccc(-c5cccc(Br)c5)o4)c(=O)n32)cc1. The van der Waals surface area contributed by atoms with E-state index < -0.39 is 12.0 Å². The van der Waals surface area contributed by atoms with Crippen LogP contribution in [0.5, 0.6) is 5.75 Å². The molecule has 1 aliphatic rings. The van der Waals surface area contributed by atoms with Gasteiger partial charge in [0.2, 0.25) is 0 Å². The minimum absolute atomic E-state index is 0.266. The van der Waals surface area contributed by atoms with Crippen molar-refractivity contribution in [3.05, 3.63) is 107 Å². The molecule has 5 rings (SSSR count). The van der Waals surface area contributed by atoms with Crippen LogP contribution in [0.15, 0.2) is 90.6 Å². The van der Waals surface area contributed by atoms with E-state index in [-0.39, 0.29) is 11.7 Å². The van der Waals surface area contributed by atoms with Crippen molar-refractivity contribution < 1.29 is 18.7 Å². The largest absolute Gasteiger partial charge is 0.497 e. The average Bonchev–Trinajstić information content (AvgIpc) is 3.47. The normalized spacial score (nSPS) is 15.4. The Hall–Kier alpha value is -3.69. The van der Waals surface area contributed by atoms with Gasteiger partial charge in [-0.2, -0.15) is 0 Å². The van der Waals surface area contributed by atoms with E-state index in [2.05, 4.69) is 20.9 Å². The molecule has 0 N–H and O–H groups in total. The van der Waals surface area contributed by atoms with Gasteiger partial charge in [0.1, 0.15) is 17.3 Å². The number of thiazole rings is 1. The summed E-state index contributed by atoms with van der Waals surface area (Å²) in [7, 11) is 1.59. The number of nitrogens with zero attached hydrogens (tertiary/aromatic N) is 2. The van der Waals surface area contributed by atoms with Gasteiger partial charge in [-0.05, 0) is 62.7 Å². The molecular weight excluding hydrogens is 568 g/mol. The third kappa shape index (κ3) is 5.04. The van der Waals surface area contributed by atoms with Gasteiger partial charge in [0.25, 0.3) is 5.56 Å². The highest BCUT2D eigenvalue weighted by molar-refractivity contribution is 9.10. The highest BCUT2D eigenvalue weighted by atomic mass is 79.9. The van der Waals surface area contributed by atoms with Crippen molar-refractivity contribution in [2.24, 2.45) is 4.99 Å². The summed E-state index contributed by atoms with van der Waals surface area (Å²) in [4.78, 5) is 32.1. The molecule has 0 bridgehead atoms. The van der Waals surface area contributed by atoms with Crippen LogP contribution in [-0.2, 0) is 9.53 Å². The Morgan fingerprint density at radius 2 is 1.92 bits per heavy atom. The minimum atomic E-state index is -0.695. The second-order valence-corrected chi connectivity index (χ2v) is 10.9. The van der Waals surface area contributed by atoms with Gasteiger partial charge in [0.15, 0.2) is 4.80 Å². The Labute approximate surface area is 231 Å². The van der Waals surface area contributed by atoms with Crippen molar-refractivity contribution in [2.45, 2.75) is 32.9 Å². The van der Waals surface area contributed by atoms with Gasteiger partial charge in [-0.15, -0.1) is 0 Å². The van der Waals surface area contributed by atoms with Gasteiger partial charge in [0, 0.05) is 16.1 Å². The zero-order valence-corrected chi connectivity index (χ0v) is 23.6. The maximum absolute atomic E-state index is 13.8. The third-order valence-electron chi connectivity index (χ3n) is 6.03. The van der Waals surface area contributed by atoms with E-state index in [9.17, 15) is 9.59 Å². The van der Waals surface area contributed by atoms with E-state index in [1.54, 1.807) is 50.7 Å². The topological polar surface area (TPSA) is 83.0 Å². The molecule has 1 atom stereocenters. The Morgan fingerprint density at radius 3 is 2.61 bits per heavy atom. The van der Waals surface area contributed by atoms with Crippen LogP contribution in [0.3, 0.4) is 0 Å². The number of methoxy groups -OCH3 is 1. The van der Waals surface area contributed by atoms with Crippen molar-refractivity contribution in [3.8, 4) is 17.1 Å². The summed E-state index contributed by atoms with van der Waals surface area (Å²) in [6.07, 6.45) is 1.39. The fraction of sp³-hybridized carbons (Fsp3) is 0.207. The van der Waals surface area contributed by atoms with Crippen LogP contribution in [0.2, 0.25) is 0 Å². The fourth-order valence-electron chi connectivity index (χ4n) is 4.32. The Morgan fingerprint density at radius 1 is 1.16 bits per heavy atom. The molecule has 0 fully saturated rings. The van der Waals surface area contributed by atoms with Gasteiger partial charge >= 0.3 is 5.97 Å². The molecule has 9 heteroatoms. The molecule has 0 amide bonds. The van der Waals surface area contributed by atoms with E-state index in [1.165, 1.54) is 11.3 Å². The molecule has 38 heavy (non-hydrogen) atoms. The van der Waals surface area contributed by atoms with Crippen molar-refractivity contribution in [1.82, 2.24) is 4.57 Å². The van der Waals surface area contributed by atoms with Gasteiger partial charge in [0.05, 0.1) is 35.1 Å². The monoisotopic (exact) mass is 592 g/mol. The zero-order valence-electron chi connectivity index (χ0n) is 21.2. The Kier molecular flexibility index (Phi) is 7.23. The standard InChI is InChI=1S/C29H25BrN2O5S/c1-16(2)36-28(34)25-17(3)31-29-32(26(25)18-8-10-21(35-4)11-9-18)27(33)24(38-29)15-22-12-13-23(37-22)19-6-5-7-20(30)14-19/h5-16,26H,1-4H3. The smallest absolute Gasteiger partial charge is 0.338 e. The summed E-state index contributed by atoms with van der Waals surface area (Å²) in [6, 6.07) is 18.1. The van der Waals surface area contributed by atoms with E-state index in [0.29, 0.717) is 37.9 Å². The van der Waals surface area contributed by atoms with Crippen LogP contribution in [0, 0.1) is 0 Å². The number of benzene rings is 2. The van der Waals surface area contributed by atoms with Gasteiger partial charge in [-0.3, -0.25) is 9.36 Å². The van der Waals surface area contributed by atoms with Gasteiger partial charge in [-0.1, -0.05) is 51.5 Å². The lowest BCUT2D eigenvalue weighted by Gasteiger charge is -2.25. The first-order valence-corrected chi connectivity index (χ1v) is 13.6. The molecule has 0 saturated carbocycles. The molecule has 2 aromatic heterocycles. The number of esters is 1. The van der Waals surface area contributed by atoms with Crippen LogP contribution in [0.4, 0.5) is 0 Å². The van der Waals surface area contributed by atoms with Crippen LogP contribution in [-0.4, -0.2) is 23.8 Å². The van der Waals surface area contributed by atoms with Crippen LogP contribution < -0.4 is 19.6 Å². The lowest BCUT2D eigenvalue weighted by atomic mass is 9.96. The Balaban J connectivity index is 1.63. The number of aromatic nitrogens is 1. The van der Waals surface area contributed by atoms with E-state index in [4.69, 9.17) is 13.9 Å². The van der Waals surface area contributed by atoms with Gasteiger partial charge < -0.3 is 13.9 Å². The molecule has 7 nitrogen and oxygen atoms in total. The van der Waals surface area contributed by atoms with Gasteiger partial charge in [-0.25, -0.2) is 9.79 Å². The quantitative estimate of drug-likeness (QED) is 0.287. The summed E-state index contributed by atoms with van der Waals surface area (Å²) in [5.74, 6) is 1.41. The molecule has 3 heterocycles. The van der Waals surface area contributed by atoms with Crippen molar-refractivity contribution >= 4 is 39.3 Å². The van der Waals surface area contributed by atoms with Crippen LogP contribution in [0.1, 0.15) is 38.1 Å². The highest BCUT2D eigenvalue weighted by Gasteiger charge is 2.33. The number of allylic oxidation sites excluding steroid dienone is 1. The molecule has 0 aliphatic carbocycles. The van der Waals surface area contributed by atoms with E-state index in [1.807, 2.05) is 48.5 Å². The number of furan rings is 1. The lowest BCUT2D eigenvalue weighted by Crippen LogP contribution is -2.40. The first-order chi connectivity index (χ1) is 18.2. The molecule has 194 valence electrons. The second-order valence-electron chi connectivity index (χ2n) is 9.02. The number of hydrogen-bond donors (Lipinski definition) is 0. The summed E-state index contributed by atoms with van der Waals surface area (Å²) >= 11 is 4.73. The second kappa shape index (κ2) is 10.6. The van der Waals surface area contributed by atoms with E-state index in [0.717, 1.165) is 15.6 Å². The van der Waals surface area contributed by atoms with Crippen LogP contribution in [0.25, 0.3) is 17.4 Å². The molecule has 0 spiro atoms. The number of hydrogen-bond acceptors (Lipinski definition) is 7. The first kappa shape index (κ1) is 25.9. The number of halogens is 1. The first-order valence-electron chi connectivity index (χ1n) is 12.0. The lowest BCUT2D eigenvalue weighted by molar-refractivity contribution is -0.143. The van der Waals surface area contributed by atoms with Crippen molar-refractivity contribution in [2.75, 3.05) is 7.11 Å². The van der Waals surface area contributed by atoms with Crippen molar-refractivity contribution in [3.63, 3.8) is 0 Å². The number of rotatable bonds is 6. The molecule has 1 aliphatic heterocycles. The molecule has 1 unspecified atom stereocenters. The zero-order chi connectivity index (χ0) is 27.0. The summed E-state index contributed by atoms with van der Waals surface area (Å²) in [5.41, 5.74) is 2.25. The summed E-state index contributed by atoms with van der Waals surface area (Å²) in [6.45, 7) is 5.34. The Bertz CT molecular complexity index is 1730. The maximum atomic E-state index is 13.8. The number of carbonyl (C=O) groups excluding carboxylic acids is 1. The molecule has 2 aromatic carbocycles. The number of carbonyl (C=O) groups is 1. The average molecular weight is 593 g/mol. The molecular formula is C29H25BrN2O5S. The van der Waals surface area contributed by atoms with Crippen LogP contribution >= 0.6 is 27.3 Å². The van der Waals surface area contributed by atoms with Crippen molar-refractivity contribution in [1.29, 1.82) is 0 Å².